The van der Waals surface area contributed by atoms with E-state index in [4.69, 9.17) is 9.47 Å². The third-order valence-corrected chi connectivity index (χ3v) is 6.59. The lowest BCUT2D eigenvalue weighted by Gasteiger charge is -2.54. The number of methoxy groups -OCH3 is 2. The smallest absolute Gasteiger partial charge is 0.317 e. The number of carbonyl (C=O) groups excluding carboxylic acids is 2. The summed E-state index contributed by atoms with van der Waals surface area (Å²) in [6.45, 7) is 0. The van der Waals surface area contributed by atoms with Crippen molar-refractivity contribution in [2.75, 3.05) is 14.2 Å². The normalized spacial score (nSPS) is 25.6. The molecule has 34 heavy (non-hydrogen) atoms. The summed E-state index contributed by atoms with van der Waals surface area (Å²) in [6, 6.07) is 23.2. The molecule has 4 N–H and O–H groups in total. The van der Waals surface area contributed by atoms with Crippen LogP contribution in [0.15, 0.2) is 78.9 Å². The van der Waals surface area contributed by atoms with E-state index in [1.54, 1.807) is 14.2 Å². The number of hydrogen-bond acceptors (Lipinski definition) is 4. The molecule has 4 amide bonds. The molecule has 8 heteroatoms. The van der Waals surface area contributed by atoms with E-state index in [1.165, 1.54) is 0 Å². The van der Waals surface area contributed by atoms with Gasteiger partial charge in [-0.05, 0) is 41.0 Å². The van der Waals surface area contributed by atoms with Gasteiger partial charge >= 0.3 is 12.1 Å². The van der Waals surface area contributed by atoms with Crippen LogP contribution in [0.1, 0.15) is 28.8 Å². The van der Waals surface area contributed by atoms with Gasteiger partial charge in [0.05, 0.1) is 32.2 Å². The standard InChI is InChI=1S/C26H26N4O4/c1-33-19-12-8-16(9-13-19)22-21-23(17-10-14-20(34-2)15-11-17)28-25(32)30-26(21,29-24(31)27-22)18-6-4-3-5-7-18/h3-15,21-23H,1-2H3,(H2,27,29,31)(H2,28,30,32). The quantitative estimate of drug-likeness (QED) is 0.470. The first kappa shape index (κ1) is 21.6. The highest BCUT2D eigenvalue weighted by Crippen LogP contribution is 2.48. The summed E-state index contributed by atoms with van der Waals surface area (Å²) in [7, 11) is 3.23. The minimum absolute atomic E-state index is 0.327. The third-order valence-electron chi connectivity index (χ3n) is 6.59. The van der Waals surface area contributed by atoms with Crippen molar-refractivity contribution in [2.24, 2.45) is 5.92 Å². The Morgan fingerprint density at radius 1 is 0.647 bits per heavy atom. The number of amides is 4. The van der Waals surface area contributed by atoms with E-state index in [-0.39, 0.29) is 18.0 Å². The van der Waals surface area contributed by atoms with Gasteiger partial charge in [-0.2, -0.15) is 0 Å². The van der Waals surface area contributed by atoms with Crippen LogP contribution in [0.4, 0.5) is 9.59 Å². The molecular weight excluding hydrogens is 432 g/mol. The average Bonchev–Trinajstić information content (AvgIpc) is 2.88. The van der Waals surface area contributed by atoms with Crippen molar-refractivity contribution in [3.63, 3.8) is 0 Å². The van der Waals surface area contributed by atoms with Crippen LogP contribution >= 0.6 is 0 Å². The Balaban J connectivity index is 1.69. The second-order valence-electron chi connectivity index (χ2n) is 8.40. The summed E-state index contributed by atoms with van der Waals surface area (Å²) in [5.74, 6) is 1.12. The van der Waals surface area contributed by atoms with Crippen LogP contribution in [0.2, 0.25) is 0 Å². The second-order valence-corrected chi connectivity index (χ2v) is 8.40. The first-order valence-corrected chi connectivity index (χ1v) is 11.0. The maximum atomic E-state index is 13.0. The van der Waals surface area contributed by atoms with Crippen molar-refractivity contribution in [2.45, 2.75) is 17.7 Å². The number of benzene rings is 3. The van der Waals surface area contributed by atoms with Crippen molar-refractivity contribution in [1.82, 2.24) is 21.3 Å². The summed E-state index contributed by atoms with van der Waals surface area (Å²) in [4.78, 5) is 26.0. The van der Waals surface area contributed by atoms with Crippen molar-refractivity contribution in [3.05, 3.63) is 95.6 Å². The van der Waals surface area contributed by atoms with Gasteiger partial charge in [-0.1, -0.05) is 54.6 Å². The zero-order chi connectivity index (χ0) is 23.7. The SMILES string of the molecule is COc1ccc(C2NC(=O)NC3(c4ccccc4)NC(=O)NC(c4ccc(OC)cc4)C23)cc1. The maximum absolute atomic E-state index is 13.0. The second kappa shape index (κ2) is 8.62. The van der Waals surface area contributed by atoms with Crippen molar-refractivity contribution >= 4 is 12.1 Å². The molecule has 0 spiro atoms. The number of fused-ring (bicyclic) bond motifs is 1. The summed E-state index contributed by atoms with van der Waals surface area (Å²) in [5.41, 5.74) is 1.46. The van der Waals surface area contributed by atoms with Gasteiger partial charge in [-0.25, -0.2) is 9.59 Å². The van der Waals surface area contributed by atoms with Crippen LogP contribution < -0.4 is 30.7 Å². The zero-order valence-corrected chi connectivity index (χ0v) is 18.9. The lowest BCUT2D eigenvalue weighted by atomic mass is 9.70. The molecule has 0 aromatic heterocycles. The van der Waals surface area contributed by atoms with Crippen LogP contribution in [0, 0.1) is 5.92 Å². The Bertz CT molecular complexity index is 1110. The van der Waals surface area contributed by atoms with Gasteiger partial charge in [-0.3, -0.25) is 0 Å². The summed E-state index contributed by atoms with van der Waals surface area (Å²) in [5, 5.41) is 12.3. The molecule has 2 unspecified atom stereocenters. The van der Waals surface area contributed by atoms with E-state index >= 15 is 0 Å². The average molecular weight is 459 g/mol. The Morgan fingerprint density at radius 3 is 1.50 bits per heavy atom. The Hall–Kier alpha value is -4.20. The van der Waals surface area contributed by atoms with Gasteiger partial charge in [0.25, 0.3) is 0 Å². The lowest BCUT2D eigenvalue weighted by molar-refractivity contribution is 0.0557. The van der Waals surface area contributed by atoms with Crippen LogP contribution in [0.5, 0.6) is 11.5 Å². The van der Waals surface area contributed by atoms with E-state index < -0.39 is 17.7 Å². The van der Waals surface area contributed by atoms with Gasteiger partial charge in [0, 0.05) is 0 Å². The molecule has 2 saturated heterocycles. The van der Waals surface area contributed by atoms with Crippen molar-refractivity contribution < 1.29 is 19.1 Å². The summed E-state index contributed by atoms with van der Waals surface area (Å²) >= 11 is 0. The van der Waals surface area contributed by atoms with Crippen LogP contribution in [0.25, 0.3) is 0 Å². The molecule has 2 fully saturated rings. The monoisotopic (exact) mass is 458 g/mol. The molecule has 0 bridgehead atoms. The van der Waals surface area contributed by atoms with Crippen LogP contribution in [-0.4, -0.2) is 26.3 Å². The number of ether oxygens (including phenoxy) is 2. The number of hydrogen-bond donors (Lipinski definition) is 4. The lowest BCUT2D eigenvalue weighted by Crippen LogP contribution is -2.75. The Labute approximate surface area is 197 Å². The highest BCUT2D eigenvalue weighted by Gasteiger charge is 2.57. The molecule has 2 aliphatic heterocycles. The van der Waals surface area contributed by atoms with E-state index in [0.29, 0.717) is 0 Å². The van der Waals surface area contributed by atoms with Gasteiger partial charge in [0.15, 0.2) is 0 Å². The minimum atomic E-state index is -1.14. The third kappa shape index (κ3) is 3.67. The minimum Gasteiger partial charge on any atom is -0.497 e. The van der Waals surface area contributed by atoms with Crippen molar-refractivity contribution in [3.8, 4) is 11.5 Å². The van der Waals surface area contributed by atoms with Crippen LogP contribution in [0.3, 0.4) is 0 Å². The molecule has 3 aromatic rings. The fraction of sp³-hybridized carbons (Fsp3) is 0.231. The highest BCUT2D eigenvalue weighted by atomic mass is 16.5. The molecule has 174 valence electrons. The number of urea groups is 2. The molecule has 0 aliphatic carbocycles. The number of rotatable bonds is 5. The van der Waals surface area contributed by atoms with Gasteiger partial charge in [0.2, 0.25) is 0 Å². The summed E-state index contributed by atoms with van der Waals surface area (Å²) < 4.78 is 10.6. The summed E-state index contributed by atoms with van der Waals surface area (Å²) in [6.07, 6.45) is 0. The van der Waals surface area contributed by atoms with Gasteiger partial charge < -0.3 is 30.7 Å². The predicted octanol–water partition coefficient (Wildman–Crippen LogP) is 3.58. The first-order chi connectivity index (χ1) is 16.5. The van der Waals surface area contributed by atoms with Crippen LogP contribution in [-0.2, 0) is 5.66 Å². The fourth-order valence-electron chi connectivity index (χ4n) is 5.02. The fourth-order valence-corrected chi connectivity index (χ4v) is 5.02. The first-order valence-electron chi connectivity index (χ1n) is 11.0. The molecule has 0 radical (unpaired) electrons. The molecule has 0 saturated carbocycles. The van der Waals surface area contributed by atoms with Gasteiger partial charge in [0.1, 0.15) is 17.2 Å². The topological polar surface area (TPSA) is 101 Å². The molecule has 5 rings (SSSR count). The Morgan fingerprint density at radius 2 is 1.09 bits per heavy atom. The highest BCUT2D eigenvalue weighted by molar-refractivity contribution is 5.82. The van der Waals surface area contributed by atoms with E-state index in [0.717, 1.165) is 28.2 Å². The largest absolute Gasteiger partial charge is 0.497 e. The van der Waals surface area contributed by atoms with Crippen molar-refractivity contribution in [1.29, 1.82) is 0 Å². The molecule has 2 atom stereocenters. The van der Waals surface area contributed by atoms with Gasteiger partial charge in [-0.15, -0.1) is 0 Å². The predicted molar refractivity (Wildman–Crippen MR) is 126 cm³/mol. The molecule has 3 aromatic carbocycles. The molecule has 2 aliphatic rings. The van der Waals surface area contributed by atoms with E-state index in [1.807, 2.05) is 78.9 Å². The Kier molecular flexibility index (Phi) is 5.49. The number of nitrogens with one attached hydrogen (secondary N) is 4. The van der Waals surface area contributed by atoms with E-state index in [9.17, 15) is 9.59 Å². The number of carbonyl (C=O) groups is 2. The maximum Gasteiger partial charge on any atom is 0.317 e. The molecule has 8 nitrogen and oxygen atoms in total. The molecular formula is C26H26N4O4. The zero-order valence-electron chi connectivity index (χ0n) is 18.9. The molecule has 2 heterocycles. The van der Waals surface area contributed by atoms with E-state index in [2.05, 4.69) is 21.3 Å².